The van der Waals surface area contributed by atoms with Crippen molar-refractivity contribution < 1.29 is 104 Å². The molecule has 768 valence electrons. The first-order valence-corrected chi connectivity index (χ1v) is 45.4. The van der Waals surface area contributed by atoms with E-state index in [4.69, 9.17) is 43.1 Å². The van der Waals surface area contributed by atoms with Gasteiger partial charge < -0.3 is 69.7 Å². The summed E-state index contributed by atoms with van der Waals surface area (Å²) >= 11 is 16.6. The van der Waals surface area contributed by atoms with Gasteiger partial charge in [0.25, 0.3) is 17.1 Å². The lowest BCUT2D eigenvalue weighted by Gasteiger charge is -2.28. The van der Waals surface area contributed by atoms with E-state index in [0.717, 1.165) is 80.6 Å². The fourth-order valence-corrected chi connectivity index (χ4v) is 16.3. The number of hydrogen-bond donors (Lipinski definition) is 4. The first-order chi connectivity index (χ1) is 69.7. The van der Waals surface area contributed by atoms with Crippen LogP contribution in [0.3, 0.4) is 0 Å². The number of nitro groups is 6. The first-order valence-electron chi connectivity index (χ1n) is 44.3. The molecule has 1 atom stereocenters. The average Bonchev–Trinajstić information content (AvgIpc) is 0.786. The van der Waals surface area contributed by atoms with Gasteiger partial charge >= 0.3 is 46.9 Å². The molecule has 0 radical (unpaired) electrons. The third-order valence-electron chi connectivity index (χ3n) is 23.0. The smallest absolute Gasteiger partial charge is 0.409 e. The highest BCUT2D eigenvalue weighted by atomic mass is 35.5. The van der Waals surface area contributed by atoms with E-state index in [0.29, 0.717) is 132 Å². The number of benzene rings is 10. The quantitative estimate of drug-likeness (QED) is 0.0174. The molecule has 5 N–H and O–H groups in total. The maximum atomic E-state index is 13.5. The Kier molecular flexibility index (Phi) is 42.2. The van der Waals surface area contributed by atoms with Crippen LogP contribution in [0.4, 0.5) is 92.7 Å². The number of carbonyl (C=O) groups is 6. The number of aromatic nitrogens is 2. The number of halogens is 7. The lowest BCUT2D eigenvalue weighted by molar-refractivity contribution is -0.388. The van der Waals surface area contributed by atoms with Crippen LogP contribution < -0.4 is 26.4 Å². The van der Waals surface area contributed by atoms with E-state index in [1.54, 1.807) is 68.9 Å². The Morgan fingerprint density at radius 3 is 1.31 bits per heavy atom. The zero-order chi connectivity index (χ0) is 107. The van der Waals surface area contributed by atoms with Crippen LogP contribution in [-0.2, 0) is 113 Å². The SMILES string of the molecule is CC(=O)Cc1ccccc1Cl.COC(=O)Cl.COC(=O)N1CCc2ccc(F)c([N+](=O)[O-])c2C1.COC(=O)N1CCc2ccc(N)c([N+](=O)[O-])c2C1.COC(=O)N1CCc2ccc(NC(C)Cc3ccccc3Cl)c([N+](=O)[O-])c2C1.COC(=O)N1CCc2ccc(NCc3ccc(OC)cc3)c([N+](=O)[O-])c2C1.Fc1ccc2ccncc2c1.O=[N+]([O-])c1c(F)ccc2c1CNCC2.O=[N+]([O-])c1c(F)ccc2ccncc12. The second kappa shape index (κ2) is 54.6. The van der Waals surface area contributed by atoms with E-state index in [9.17, 15) is 107 Å². The Bertz CT molecular complexity index is 6710. The number of nitrogen functional groups attached to an aromatic ring is 1. The van der Waals surface area contributed by atoms with E-state index >= 15 is 0 Å². The number of nitrogens with zero attached hydrogens (tertiary/aromatic N) is 12. The molecular weight excluding hydrogens is 1980 g/mol. The summed E-state index contributed by atoms with van der Waals surface area (Å²) in [6, 6.07) is 49.0. The number of fused-ring (bicyclic) bond motifs is 7. The topological polar surface area (TPSA) is 517 Å². The monoisotopic (exact) mass is 2080 g/mol. The number of anilines is 3. The van der Waals surface area contributed by atoms with E-state index in [1.165, 1.54) is 104 Å². The zero-order valence-corrected chi connectivity index (χ0v) is 82.0. The standard InChI is InChI=1S/C20H22ClN3O4.C19H21N3O5.C11H11FN2O4.C11H13N3O4.C9H9ClO.C9H9FN2O2.C9H5FN2O2.C9H6FN.C2H3ClO2/c1-13(11-15-5-3-4-6-17(15)21)22-18-8-7-14-9-10-23(20(25)28-2)12-16(14)19(18)24(26)27;1-26-15-6-3-13(4-7-15)11-20-17-8-5-14-9-10-21(19(23)27-2)12-16(14)18(17)22(24)25;2*1-18-11(15)13-5-4-7-2-3-9(12)10(14(16)17)8(7)6-13;1-7(11)6-8-4-2-3-5-9(8)10;2*10-8-2-1-6-3-4-11-5-7(6)9(8)12(13)14;10-9-2-1-7-3-4-11-6-8(7)5-9;1-5-2(3)4/h3-8,13,22H,9-12H2,1-2H3;3-8,20H,9-12H2,1-2H3;2-3H,4-6H2,1H3;2-3H,4-6,12H2,1H3;2-5H,6H2,1H3;1-2,11H,3-5H2;1-5H;1-6H;1H3. The average molecular weight is 2080 g/mol. The highest BCUT2D eigenvalue weighted by Gasteiger charge is 2.36. The largest absolute Gasteiger partial charge is 0.497 e. The van der Waals surface area contributed by atoms with Gasteiger partial charge in [-0.15, -0.1) is 0 Å². The number of ether oxygens (including phenoxy) is 6. The second-order valence-corrected chi connectivity index (χ2v) is 33.4. The van der Waals surface area contributed by atoms with E-state index < -0.39 is 83.2 Å². The normalized spacial score (nSPS) is 12.7. The fraction of sp³-hybridized carbons (Fsp3) is 0.273. The molecule has 0 saturated heterocycles. The molecular formula is C99H99Cl3F4N16O24. The van der Waals surface area contributed by atoms with Crippen LogP contribution in [0.25, 0.3) is 21.5 Å². The van der Waals surface area contributed by atoms with E-state index in [2.05, 4.69) is 51.7 Å². The molecule has 1 unspecified atom stereocenters. The summed E-state index contributed by atoms with van der Waals surface area (Å²) < 4.78 is 80.0. The van der Waals surface area contributed by atoms with Crippen LogP contribution >= 0.6 is 34.8 Å². The van der Waals surface area contributed by atoms with Gasteiger partial charge in [-0.25, -0.2) is 28.4 Å². The molecule has 40 nitrogen and oxygen atoms in total. The molecule has 5 aliphatic heterocycles. The van der Waals surface area contributed by atoms with Gasteiger partial charge in [0.2, 0.25) is 17.5 Å². The van der Waals surface area contributed by atoms with E-state index in [-0.39, 0.29) is 88.1 Å². The zero-order valence-electron chi connectivity index (χ0n) is 79.7. The molecule has 146 heavy (non-hydrogen) atoms. The van der Waals surface area contributed by atoms with Gasteiger partial charge in [0.1, 0.15) is 34.4 Å². The number of pyridine rings is 2. The molecule has 0 bridgehead atoms. The summed E-state index contributed by atoms with van der Waals surface area (Å²) in [7, 11) is 7.94. The lowest BCUT2D eigenvalue weighted by atomic mass is 9.96. The molecule has 17 rings (SSSR count). The van der Waals surface area contributed by atoms with Gasteiger partial charge in [0.15, 0.2) is 0 Å². The van der Waals surface area contributed by atoms with Crippen molar-refractivity contribution in [1.29, 1.82) is 0 Å². The minimum atomic E-state index is -0.884. The van der Waals surface area contributed by atoms with Crippen molar-refractivity contribution in [3.8, 4) is 5.75 Å². The maximum Gasteiger partial charge on any atom is 0.409 e. The van der Waals surface area contributed by atoms with Gasteiger partial charge in [-0.3, -0.25) is 75.4 Å². The van der Waals surface area contributed by atoms with Crippen molar-refractivity contribution in [2.24, 2.45) is 0 Å². The summed E-state index contributed by atoms with van der Waals surface area (Å²) in [6.45, 7) is 7.44. The molecule has 10 aromatic carbocycles. The van der Waals surface area contributed by atoms with Crippen LogP contribution in [0.1, 0.15) is 86.2 Å². The molecule has 0 spiro atoms. The summed E-state index contributed by atoms with van der Waals surface area (Å²) in [5, 5.41) is 80.1. The number of rotatable bonds is 16. The van der Waals surface area contributed by atoms with Crippen molar-refractivity contribution in [3.63, 3.8) is 0 Å². The Hall–Kier alpha value is -16.6. The highest BCUT2D eigenvalue weighted by molar-refractivity contribution is 6.61. The number of hydrogen-bond acceptors (Lipinski definition) is 30. The number of methoxy groups -OCH3 is 6. The van der Waals surface area contributed by atoms with Gasteiger partial charge in [-0.2, -0.15) is 13.2 Å². The Morgan fingerprint density at radius 2 is 0.849 bits per heavy atom. The van der Waals surface area contributed by atoms with Gasteiger partial charge in [0, 0.05) is 104 Å². The third-order valence-corrected chi connectivity index (χ3v) is 23.9. The predicted molar refractivity (Wildman–Crippen MR) is 534 cm³/mol. The van der Waals surface area contributed by atoms with Crippen molar-refractivity contribution in [2.75, 3.05) is 91.7 Å². The van der Waals surface area contributed by atoms with E-state index in [1.807, 2.05) is 91.9 Å². The molecule has 0 saturated carbocycles. The van der Waals surface area contributed by atoms with Crippen LogP contribution in [0.5, 0.6) is 5.75 Å². The summed E-state index contributed by atoms with van der Waals surface area (Å²) in [5.41, 5.74) is 13.7. The maximum absolute atomic E-state index is 13.5. The van der Waals surface area contributed by atoms with Crippen LogP contribution in [0.2, 0.25) is 10.0 Å². The summed E-state index contributed by atoms with van der Waals surface area (Å²) in [4.78, 5) is 143. The Morgan fingerprint density at radius 1 is 0.452 bits per heavy atom. The number of amides is 4. The molecule has 4 amide bonds. The van der Waals surface area contributed by atoms with Gasteiger partial charge in [-0.1, -0.05) is 114 Å². The molecule has 0 aliphatic carbocycles. The fourth-order valence-electron chi connectivity index (χ4n) is 15.9. The molecule has 7 heterocycles. The second-order valence-electron chi connectivity index (χ2n) is 32.3. The van der Waals surface area contributed by atoms with Gasteiger partial charge in [0.05, 0.1) is 132 Å². The van der Waals surface area contributed by atoms with Crippen molar-refractivity contribution in [2.45, 2.75) is 104 Å². The number of nitrogens with one attached hydrogen (secondary N) is 3. The van der Waals surface area contributed by atoms with Gasteiger partial charge in [-0.05, 0) is 199 Å². The number of nitro benzene ring substituents is 6. The molecule has 2 aromatic heterocycles. The predicted octanol–water partition coefficient (Wildman–Crippen LogP) is 20.4. The summed E-state index contributed by atoms with van der Waals surface area (Å²) in [6.07, 6.45) is 8.02. The molecule has 5 aliphatic rings. The summed E-state index contributed by atoms with van der Waals surface area (Å²) in [5.74, 6) is -1.80. The number of carbonyl (C=O) groups excluding carboxylic acids is 6. The van der Waals surface area contributed by atoms with Crippen molar-refractivity contribution in [3.05, 3.63) is 367 Å². The Balaban J connectivity index is 0.000000188. The van der Waals surface area contributed by atoms with Crippen molar-refractivity contribution >= 4 is 143 Å². The Labute approximate surface area is 846 Å². The number of nitrogens with two attached hydrogens (primary N) is 1. The molecule has 47 heteroatoms. The molecule has 0 fully saturated rings. The minimum absolute atomic E-state index is 0.00389. The number of ketones is 1. The highest BCUT2D eigenvalue weighted by Crippen LogP contribution is 2.40. The van der Waals surface area contributed by atoms with Crippen LogP contribution in [0, 0.1) is 84.0 Å². The lowest BCUT2D eigenvalue weighted by Crippen LogP contribution is -2.36. The van der Waals surface area contributed by atoms with Crippen LogP contribution in [0.15, 0.2) is 201 Å². The minimum Gasteiger partial charge on any atom is -0.497 e. The first kappa shape index (κ1) is 113. The molecule has 12 aromatic rings. The van der Waals surface area contributed by atoms with Crippen molar-refractivity contribution in [1.82, 2.24) is 34.9 Å². The number of Topliss-reactive ketones (excluding diaryl/α,β-unsaturated/α-hetero) is 1. The van der Waals surface area contributed by atoms with Crippen LogP contribution in [-0.4, -0.2) is 176 Å². The third kappa shape index (κ3) is 31.0.